The molecule has 4 N–H and O–H groups in total. The zero-order valence-electron chi connectivity index (χ0n) is 14.6. The van der Waals surface area contributed by atoms with E-state index in [9.17, 15) is 9.59 Å². The molecule has 0 saturated carbocycles. The van der Waals surface area contributed by atoms with E-state index in [-0.39, 0.29) is 12.3 Å². The van der Waals surface area contributed by atoms with Crippen LogP contribution < -0.4 is 16.4 Å². The molecule has 0 bridgehead atoms. The molecule has 1 unspecified atom stereocenters. The van der Waals surface area contributed by atoms with E-state index in [0.29, 0.717) is 22.7 Å². The van der Waals surface area contributed by atoms with Gasteiger partial charge in [0.05, 0.1) is 17.7 Å². The molecule has 0 aromatic heterocycles. The molecule has 130 valence electrons. The third kappa shape index (κ3) is 3.65. The molecule has 2 amide bonds. The van der Waals surface area contributed by atoms with Gasteiger partial charge in [-0.25, -0.2) is 0 Å². The Morgan fingerprint density at radius 2 is 2.04 bits per heavy atom. The van der Waals surface area contributed by atoms with E-state index < -0.39 is 5.91 Å². The van der Waals surface area contributed by atoms with Gasteiger partial charge in [-0.15, -0.1) is 0 Å². The van der Waals surface area contributed by atoms with Gasteiger partial charge in [0.2, 0.25) is 5.91 Å². The number of hydrogen-bond acceptors (Lipinski definition) is 3. The van der Waals surface area contributed by atoms with E-state index in [1.165, 1.54) is 5.56 Å². The van der Waals surface area contributed by atoms with Crippen LogP contribution in [0.25, 0.3) is 0 Å². The lowest BCUT2D eigenvalue weighted by molar-refractivity contribution is -0.117. The van der Waals surface area contributed by atoms with Crippen LogP contribution in [0.1, 0.15) is 46.3 Å². The van der Waals surface area contributed by atoms with E-state index in [0.717, 1.165) is 24.2 Å². The number of primary amides is 1. The van der Waals surface area contributed by atoms with Gasteiger partial charge in [-0.3, -0.25) is 9.59 Å². The van der Waals surface area contributed by atoms with Gasteiger partial charge >= 0.3 is 0 Å². The number of aryl methyl sites for hydroxylation is 1. The van der Waals surface area contributed by atoms with Gasteiger partial charge in [-0.05, 0) is 48.1 Å². The molecular weight excluding hydrogens is 314 g/mol. The van der Waals surface area contributed by atoms with Crippen LogP contribution in [0.4, 0.5) is 11.4 Å². The molecule has 0 aliphatic carbocycles. The average Bonchev–Trinajstić information content (AvgIpc) is 2.56. The Morgan fingerprint density at radius 3 is 2.80 bits per heavy atom. The Balaban J connectivity index is 1.94. The second kappa shape index (κ2) is 6.97. The first-order valence-corrected chi connectivity index (χ1v) is 8.51. The normalized spacial score (nSPS) is 15.8. The summed E-state index contributed by atoms with van der Waals surface area (Å²) in [7, 11) is 0. The third-order valence-corrected chi connectivity index (χ3v) is 4.60. The minimum absolute atomic E-state index is 0.0949. The van der Waals surface area contributed by atoms with Crippen molar-refractivity contribution in [2.24, 2.45) is 5.73 Å². The molecule has 0 saturated heterocycles. The zero-order chi connectivity index (χ0) is 18.0. The number of anilines is 2. The highest BCUT2D eigenvalue weighted by Crippen LogP contribution is 2.35. The minimum atomic E-state index is -0.426. The van der Waals surface area contributed by atoms with Crippen LogP contribution in [-0.2, 0) is 11.2 Å². The summed E-state index contributed by atoms with van der Waals surface area (Å²) in [5, 5.41) is 6.31. The summed E-state index contributed by atoms with van der Waals surface area (Å²) < 4.78 is 0. The number of hydrogen-bond donors (Lipinski definition) is 3. The van der Waals surface area contributed by atoms with Crippen molar-refractivity contribution in [2.45, 2.75) is 32.6 Å². The molecule has 1 heterocycles. The standard InChI is InChI=1S/C20H23N3O2/c1-12-9-15-13(2)7-8-22-19(15)16(10-12)20(25)23-17-6-4-3-5-14(17)11-18(21)24/h3-6,9-10,13,22H,7-8,11H2,1-2H3,(H2,21,24)(H,23,25). The zero-order valence-corrected chi connectivity index (χ0v) is 14.6. The molecule has 1 aliphatic rings. The molecule has 2 aromatic carbocycles. The Labute approximate surface area is 147 Å². The van der Waals surface area contributed by atoms with Crippen molar-refractivity contribution < 1.29 is 9.59 Å². The SMILES string of the molecule is Cc1cc(C(=O)Nc2ccccc2CC(N)=O)c2c(c1)C(C)CCN2. The number of para-hydroxylation sites is 1. The van der Waals surface area contributed by atoms with Gasteiger partial charge in [-0.1, -0.05) is 31.2 Å². The van der Waals surface area contributed by atoms with Crippen molar-refractivity contribution in [1.82, 2.24) is 0 Å². The van der Waals surface area contributed by atoms with E-state index in [4.69, 9.17) is 5.73 Å². The van der Waals surface area contributed by atoms with Crippen LogP contribution in [0, 0.1) is 6.92 Å². The first-order chi connectivity index (χ1) is 12.0. The summed E-state index contributed by atoms with van der Waals surface area (Å²) in [4.78, 5) is 24.2. The first-order valence-electron chi connectivity index (χ1n) is 8.51. The smallest absolute Gasteiger partial charge is 0.257 e. The summed E-state index contributed by atoms with van der Waals surface area (Å²) >= 11 is 0. The number of rotatable bonds is 4. The summed E-state index contributed by atoms with van der Waals surface area (Å²) in [5.74, 6) is -0.187. The Bertz CT molecular complexity index is 830. The van der Waals surface area contributed by atoms with E-state index >= 15 is 0 Å². The highest BCUT2D eigenvalue weighted by molar-refractivity contribution is 6.09. The number of fused-ring (bicyclic) bond motifs is 1. The minimum Gasteiger partial charge on any atom is -0.384 e. The molecule has 0 spiro atoms. The lowest BCUT2D eigenvalue weighted by atomic mass is 9.89. The predicted octanol–water partition coefficient (Wildman–Crippen LogP) is 3.19. The number of carbonyl (C=O) groups is 2. The molecule has 1 atom stereocenters. The number of nitrogens with one attached hydrogen (secondary N) is 2. The maximum Gasteiger partial charge on any atom is 0.257 e. The van der Waals surface area contributed by atoms with E-state index in [1.54, 1.807) is 12.1 Å². The maximum absolute atomic E-state index is 12.9. The highest BCUT2D eigenvalue weighted by Gasteiger charge is 2.23. The van der Waals surface area contributed by atoms with Crippen molar-refractivity contribution in [3.05, 3.63) is 58.7 Å². The van der Waals surface area contributed by atoms with Crippen LogP contribution in [0.2, 0.25) is 0 Å². The highest BCUT2D eigenvalue weighted by atomic mass is 16.2. The first kappa shape index (κ1) is 17.0. The van der Waals surface area contributed by atoms with Crippen LogP contribution >= 0.6 is 0 Å². The van der Waals surface area contributed by atoms with Gasteiger partial charge in [0, 0.05) is 12.2 Å². The topological polar surface area (TPSA) is 84.2 Å². The lowest BCUT2D eigenvalue weighted by Gasteiger charge is -2.26. The van der Waals surface area contributed by atoms with Crippen molar-refractivity contribution in [1.29, 1.82) is 0 Å². The summed E-state index contributed by atoms with van der Waals surface area (Å²) in [6.45, 7) is 5.04. The van der Waals surface area contributed by atoms with Gasteiger partial charge in [0.1, 0.15) is 0 Å². The van der Waals surface area contributed by atoms with Crippen LogP contribution in [0.3, 0.4) is 0 Å². The largest absolute Gasteiger partial charge is 0.384 e. The Kier molecular flexibility index (Phi) is 4.74. The molecule has 3 rings (SSSR count). The van der Waals surface area contributed by atoms with Crippen LogP contribution in [0.5, 0.6) is 0 Å². The van der Waals surface area contributed by atoms with Gasteiger partial charge < -0.3 is 16.4 Å². The van der Waals surface area contributed by atoms with Crippen LogP contribution in [-0.4, -0.2) is 18.4 Å². The average molecular weight is 337 g/mol. The van der Waals surface area contributed by atoms with Gasteiger partial charge in [-0.2, -0.15) is 0 Å². The van der Waals surface area contributed by atoms with Gasteiger partial charge in [0.25, 0.3) is 5.91 Å². The fourth-order valence-electron chi connectivity index (χ4n) is 3.32. The molecule has 5 nitrogen and oxygen atoms in total. The Hall–Kier alpha value is -2.82. The summed E-state index contributed by atoms with van der Waals surface area (Å²) in [6.07, 6.45) is 1.15. The molecule has 25 heavy (non-hydrogen) atoms. The number of nitrogens with two attached hydrogens (primary N) is 1. The van der Waals surface area contributed by atoms with E-state index in [2.05, 4.69) is 23.6 Å². The second-order valence-electron chi connectivity index (χ2n) is 6.65. The number of benzene rings is 2. The van der Waals surface area contributed by atoms with E-state index in [1.807, 2.05) is 25.1 Å². The molecule has 0 radical (unpaired) electrons. The fraction of sp³-hybridized carbons (Fsp3) is 0.300. The molecule has 2 aromatic rings. The van der Waals surface area contributed by atoms with Crippen molar-refractivity contribution >= 4 is 23.2 Å². The summed E-state index contributed by atoms with van der Waals surface area (Å²) in [6, 6.07) is 11.3. The van der Waals surface area contributed by atoms with Crippen molar-refractivity contribution in [2.75, 3.05) is 17.2 Å². The number of carbonyl (C=O) groups excluding carboxylic acids is 2. The predicted molar refractivity (Wildman–Crippen MR) is 100.0 cm³/mol. The Morgan fingerprint density at radius 1 is 1.28 bits per heavy atom. The fourth-order valence-corrected chi connectivity index (χ4v) is 3.32. The monoisotopic (exact) mass is 337 g/mol. The summed E-state index contributed by atoms with van der Waals surface area (Å²) in [5.41, 5.74) is 10.4. The lowest BCUT2D eigenvalue weighted by Crippen LogP contribution is -2.22. The quantitative estimate of drug-likeness (QED) is 0.801. The van der Waals surface area contributed by atoms with Crippen LogP contribution in [0.15, 0.2) is 36.4 Å². The van der Waals surface area contributed by atoms with Crippen molar-refractivity contribution in [3.8, 4) is 0 Å². The van der Waals surface area contributed by atoms with Crippen molar-refractivity contribution in [3.63, 3.8) is 0 Å². The van der Waals surface area contributed by atoms with Gasteiger partial charge in [0.15, 0.2) is 0 Å². The third-order valence-electron chi connectivity index (χ3n) is 4.60. The molecule has 0 fully saturated rings. The molecular formula is C20H23N3O2. The molecule has 1 aliphatic heterocycles. The number of amides is 2. The molecule has 5 heteroatoms. The maximum atomic E-state index is 12.9. The second-order valence-corrected chi connectivity index (χ2v) is 6.65.